The van der Waals surface area contributed by atoms with E-state index < -0.39 is 0 Å². The Balaban J connectivity index is 1.40. The number of thioether (sulfide) groups is 1. The van der Waals surface area contributed by atoms with Crippen molar-refractivity contribution >= 4 is 23.6 Å². The van der Waals surface area contributed by atoms with E-state index in [1.54, 1.807) is 0 Å². The van der Waals surface area contributed by atoms with Gasteiger partial charge in [-0.3, -0.25) is 9.36 Å². The van der Waals surface area contributed by atoms with E-state index in [0.717, 1.165) is 29.8 Å². The first-order valence-electron chi connectivity index (χ1n) is 9.40. The van der Waals surface area contributed by atoms with Crippen molar-refractivity contribution in [3.8, 4) is 0 Å². The molecule has 0 radical (unpaired) electrons. The smallest absolute Gasteiger partial charge is 0.233 e. The molecule has 26 heavy (non-hydrogen) atoms. The van der Waals surface area contributed by atoms with Crippen LogP contribution in [0.5, 0.6) is 0 Å². The first-order chi connectivity index (χ1) is 12.7. The molecule has 2 aromatic rings. The Morgan fingerprint density at radius 3 is 2.65 bits per heavy atom. The van der Waals surface area contributed by atoms with Gasteiger partial charge in [0.1, 0.15) is 0 Å². The predicted octanol–water partition coefficient (Wildman–Crippen LogP) is 3.01. The fourth-order valence-corrected chi connectivity index (χ4v) is 4.21. The standard InChI is InChI=1S/C19H25N5OS/c1-14(17(25)20-13-15-7-3-2-4-8-15)26-19-22-21-18(23-11-5-6-12-23)24(19)16-9-10-16/h2-4,7-8,14,16H,5-6,9-13H2,1H3,(H,20,25)/t14-/m1/s1. The molecule has 2 heterocycles. The van der Waals surface area contributed by atoms with Gasteiger partial charge in [-0.1, -0.05) is 42.1 Å². The van der Waals surface area contributed by atoms with E-state index in [1.807, 2.05) is 37.3 Å². The summed E-state index contributed by atoms with van der Waals surface area (Å²) in [6.45, 7) is 4.61. The highest BCUT2D eigenvalue weighted by Gasteiger charge is 2.33. The molecule has 2 aliphatic rings. The van der Waals surface area contributed by atoms with Crippen LogP contribution in [0.4, 0.5) is 5.95 Å². The molecular weight excluding hydrogens is 346 g/mol. The maximum Gasteiger partial charge on any atom is 0.233 e. The fourth-order valence-electron chi connectivity index (χ4n) is 3.28. The molecule has 1 aliphatic heterocycles. The molecule has 0 bridgehead atoms. The van der Waals surface area contributed by atoms with Crippen molar-refractivity contribution in [1.29, 1.82) is 0 Å². The minimum atomic E-state index is -0.202. The highest BCUT2D eigenvalue weighted by atomic mass is 32.2. The molecule has 1 atom stereocenters. The molecule has 0 spiro atoms. The summed E-state index contributed by atoms with van der Waals surface area (Å²) >= 11 is 1.51. The van der Waals surface area contributed by atoms with Gasteiger partial charge in [-0.05, 0) is 38.2 Å². The van der Waals surface area contributed by atoms with Crippen LogP contribution in [0.25, 0.3) is 0 Å². The van der Waals surface area contributed by atoms with E-state index in [-0.39, 0.29) is 11.2 Å². The molecule has 0 unspecified atom stereocenters. The van der Waals surface area contributed by atoms with Crippen molar-refractivity contribution in [2.45, 2.75) is 55.6 Å². The van der Waals surface area contributed by atoms with Crippen LogP contribution < -0.4 is 10.2 Å². The maximum absolute atomic E-state index is 12.5. The van der Waals surface area contributed by atoms with E-state index in [2.05, 4.69) is 25.0 Å². The normalized spacial score (nSPS) is 18.1. The van der Waals surface area contributed by atoms with Gasteiger partial charge in [0.15, 0.2) is 5.16 Å². The summed E-state index contributed by atoms with van der Waals surface area (Å²) in [6, 6.07) is 10.5. The van der Waals surface area contributed by atoms with Gasteiger partial charge in [0.25, 0.3) is 0 Å². The van der Waals surface area contributed by atoms with E-state index in [4.69, 9.17) is 0 Å². The average molecular weight is 372 g/mol. The second kappa shape index (κ2) is 7.70. The fraction of sp³-hybridized carbons (Fsp3) is 0.526. The summed E-state index contributed by atoms with van der Waals surface area (Å²) in [4.78, 5) is 14.8. The zero-order valence-electron chi connectivity index (χ0n) is 15.1. The molecule has 1 aromatic heterocycles. The number of anilines is 1. The number of hydrogen-bond donors (Lipinski definition) is 1. The van der Waals surface area contributed by atoms with Crippen molar-refractivity contribution in [3.05, 3.63) is 35.9 Å². The van der Waals surface area contributed by atoms with Gasteiger partial charge in [0, 0.05) is 25.7 Å². The van der Waals surface area contributed by atoms with Gasteiger partial charge in [-0.2, -0.15) is 0 Å². The van der Waals surface area contributed by atoms with Crippen molar-refractivity contribution in [2.24, 2.45) is 0 Å². The SMILES string of the molecule is C[C@@H](Sc1nnc(N2CCCC2)n1C1CC1)C(=O)NCc1ccccc1. The second-order valence-electron chi connectivity index (χ2n) is 7.04. The summed E-state index contributed by atoms with van der Waals surface area (Å²) in [7, 11) is 0. The number of nitrogens with zero attached hydrogens (tertiary/aromatic N) is 4. The number of aromatic nitrogens is 3. The first-order valence-corrected chi connectivity index (χ1v) is 10.3. The van der Waals surface area contributed by atoms with Crippen LogP contribution >= 0.6 is 11.8 Å². The molecule has 6 nitrogen and oxygen atoms in total. The number of hydrogen-bond acceptors (Lipinski definition) is 5. The Kier molecular flexibility index (Phi) is 5.15. The maximum atomic E-state index is 12.5. The average Bonchev–Trinajstić information content (AvgIpc) is 3.18. The molecule has 1 N–H and O–H groups in total. The lowest BCUT2D eigenvalue weighted by atomic mass is 10.2. The quantitative estimate of drug-likeness (QED) is 0.758. The molecule has 2 fully saturated rings. The molecule has 138 valence electrons. The molecule has 1 aliphatic carbocycles. The van der Waals surface area contributed by atoms with Crippen molar-refractivity contribution < 1.29 is 4.79 Å². The third kappa shape index (κ3) is 3.87. The second-order valence-corrected chi connectivity index (χ2v) is 8.35. The number of nitrogens with one attached hydrogen (secondary N) is 1. The highest BCUT2D eigenvalue weighted by molar-refractivity contribution is 8.00. The topological polar surface area (TPSA) is 63.1 Å². The Hall–Kier alpha value is -2.02. The number of benzene rings is 1. The molecule has 7 heteroatoms. The van der Waals surface area contributed by atoms with Gasteiger partial charge in [-0.15, -0.1) is 10.2 Å². The first kappa shape index (κ1) is 17.4. The number of carbonyl (C=O) groups is 1. The van der Waals surface area contributed by atoms with Gasteiger partial charge >= 0.3 is 0 Å². The van der Waals surface area contributed by atoms with E-state index in [0.29, 0.717) is 12.6 Å². The van der Waals surface area contributed by atoms with E-state index in [9.17, 15) is 4.79 Å². The summed E-state index contributed by atoms with van der Waals surface area (Å²) in [5, 5.41) is 12.6. The number of carbonyl (C=O) groups excluding carboxylic acids is 1. The summed E-state index contributed by atoms with van der Waals surface area (Å²) in [5.74, 6) is 1.02. The summed E-state index contributed by atoms with van der Waals surface area (Å²) < 4.78 is 2.26. The van der Waals surface area contributed by atoms with Crippen LogP contribution in [0.1, 0.15) is 44.2 Å². The minimum Gasteiger partial charge on any atom is -0.351 e. The molecule has 1 saturated carbocycles. The Bertz CT molecular complexity index is 753. The largest absolute Gasteiger partial charge is 0.351 e. The van der Waals surface area contributed by atoms with Gasteiger partial charge in [0.05, 0.1) is 5.25 Å². The minimum absolute atomic E-state index is 0.0342. The lowest BCUT2D eigenvalue weighted by molar-refractivity contribution is -0.120. The lowest BCUT2D eigenvalue weighted by Gasteiger charge is -2.18. The third-order valence-corrected chi connectivity index (χ3v) is 5.97. The van der Waals surface area contributed by atoms with Crippen molar-refractivity contribution in [1.82, 2.24) is 20.1 Å². The van der Waals surface area contributed by atoms with Crippen LogP contribution in [-0.4, -0.2) is 39.0 Å². The third-order valence-electron chi connectivity index (χ3n) is 4.91. The van der Waals surface area contributed by atoms with E-state index in [1.165, 1.54) is 37.4 Å². The van der Waals surface area contributed by atoms with E-state index >= 15 is 0 Å². The number of amides is 1. The molecule has 1 amide bonds. The number of rotatable bonds is 7. The lowest BCUT2D eigenvalue weighted by Crippen LogP contribution is -2.30. The van der Waals surface area contributed by atoms with Crippen LogP contribution in [0, 0.1) is 0 Å². The summed E-state index contributed by atoms with van der Waals surface area (Å²) in [5.41, 5.74) is 1.11. The Labute approximate surface area is 158 Å². The molecule has 1 aromatic carbocycles. The van der Waals surface area contributed by atoms with Crippen LogP contribution in [0.2, 0.25) is 0 Å². The van der Waals surface area contributed by atoms with Crippen molar-refractivity contribution in [3.63, 3.8) is 0 Å². The Morgan fingerprint density at radius 2 is 1.96 bits per heavy atom. The van der Waals surface area contributed by atoms with Gasteiger partial charge in [-0.25, -0.2) is 0 Å². The van der Waals surface area contributed by atoms with Crippen LogP contribution in [-0.2, 0) is 11.3 Å². The molecular formula is C19H25N5OS. The zero-order chi connectivity index (χ0) is 17.9. The molecule has 4 rings (SSSR count). The Morgan fingerprint density at radius 1 is 1.23 bits per heavy atom. The van der Waals surface area contributed by atoms with Crippen LogP contribution in [0.3, 0.4) is 0 Å². The zero-order valence-corrected chi connectivity index (χ0v) is 15.9. The molecule has 1 saturated heterocycles. The van der Waals surface area contributed by atoms with Gasteiger partial charge < -0.3 is 10.2 Å². The van der Waals surface area contributed by atoms with Crippen LogP contribution in [0.15, 0.2) is 35.5 Å². The predicted molar refractivity (Wildman–Crippen MR) is 103 cm³/mol. The highest BCUT2D eigenvalue weighted by Crippen LogP contribution is 2.42. The monoisotopic (exact) mass is 371 g/mol. The van der Waals surface area contributed by atoms with Gasteiger partial charge in [0.2, 0.25) is 11.9 Å². The van der Waals surface area contributed by atoms with Crippen molar-refractivity contribution in [2.75, 3.05) is 18.0 Å². The summed E-state index contributed by atoms with van der Waals surface area (Å²) in [6.07, 6.45) is 4.80.